The number of urea groups is 1. The number of carbonyl (C=O) groups is 1. The van der Waals surface area contributed by atoms with Crippen molar-refractivity contribution in [2.24, 2.45) is 0 Å². The maximum atomic E-state index is 12.2. The molecule has 1 atom stereocenters. The molecule has 0 saturated carbocycles. The van der Waals surface area contributed by atoms with Gasteiger partial charge in [-0.15, -0.1) is 0 Å². The average molecular weight is 326 g/mol. The fourth-order valence-corrected chi connectivity index (χ4v) is 2.53. The van der Waals surface area contributed by atoms with Gasteiger partial charge in [-0.1, -0.05) is 30.3 Å². The molecule has 0 aliphatic rings. The third-order valence-corrected chi connectivity index (χ3v) is 3.91. The largest absolute Gasteiger partial charge is 0.491 e. The lowest BCUT2D eigenvalue weighted by Crippen LogP contribution is -2.39. The summed E-state index contributed by atoms with van der Waals surface area (Å²) >= 11 is 0. The maximum absolute atomic E-state index is 12.2. The van der Waals surface area contributed by atoms with Crippen LogP contribution in [0.2, 0.25) is 0 Å². The summed E-state index contributed by atoms with van der Waals surface area (Å²) in [7, 11) is 0. The van der Waals surface area contributed by atoms with Gasteiger partial charge in [0.25, 0.3) is 0 Å². The minimum Gasteiger partial charge on any atom is -0.491 e. The number of amides is 2. The second-order valence-corrected chi connectivity index (χ2v) is 6.35. The Kier molecular flexibility index (Phi) is 5.85. The van der Waals surface area contributed by atoms with Crippen LogP contribution in [0.5, 0.6) is 5.75 Å². The molecule has 0 heterocycles. The quantitative estimate of drug-likeness (QED) is 0.849. The van der Waals surface area contributed by atoms with Crippen LogP contribution in [-0.2, 0) is 0 Å². The SMILES string of the molecule is Cc1ccc(C)c(NC(=O)NC(C)COc2c(C)cccc2C)c1. The third-order valence-electron chi connectivity index (χ3n) is 3.91. The van der Waals surface area contributed by atoms with Gasteiger partial charge in [0.2, 0.25) is 0 Å². The molecule has 0 fully saturated rings. The van der Waals surface area contributed by atoms with E-state index in [9.17, 15) is 4.79 Å². The summed E-state index contributed by atoms with van der Waals surface area (Å²) in [5.41, 5.74) is 5.18. The minimum atomic E-state index is -0.221. The van der Waals surface area contributed by atoms with Gasteiger partial charge in [-0.05, 0) is 62.9 Å². The highest BCUT2D eigenvalue weighted by molar-refractivity contribution is 5.90. The zero-order chi connectivity index (χ0) is 17.7. The Morgan fingerprint density at radius 2 is 1.71 bits per heavy atom. The molecule has 0 radical (unpaired) electrons. The van der Waals surface area contributed by atoms with E-state index in [2.05, 4.69) is 10.6 Å². The molecule has 0 bridgehead atoms. The van der Waals surface area contributed by atoms with E-state index in [1.165, 1.54) is 0 Å². The van der Waals surface area contributed by atoms with Gasteiger partial charge in [-0.3, -0.25) is 0 Å². The van der Waals surface area contributed by atoms with Crippen LogP contribution in [-0.4, -0.2) is 18.7 Å². The van der Waals surface area contributed by atoms with Crippen LogP contribution in [0.4, 0.5) is 10.5 Å². The zero-order valence-electron chi connectivity index (χ0n) is 15.1. The monoisotopic (exact) mass is 326 g/mol. The van der Waals surface area contributed by atoms with Crippen LogP contribution >= 0.6 is 0 Å². The summed E-state index contributed by atoms with van der Waals surface area (Å²) in [6.45, 7) is 10.4. The first kappa shape index (κ1) is 17.9. The number of hydrogen-bond acceptors (Lipinski definition) is 2. The summed E-state index contributed by atoms with van der Waals surface area (Å²) in [6, 6.07) is 11.7. The molecule has 2 aromatic carbocycles. The van der Waals surface area contributed by atoms with Gasteiger partial charge in [0.05, 0.1) is 6.04 Å². The lowest BCUT2D eigenvalue weighted by molar-refractivity contribution is 0.236. The fraction of sp³-hybridized carbons (Fsp3) is 0.350. The van der Waals surface area contributed by atoms with Crippen LogP contribution in [0.3, 0.4) is 0 Å². The van der Waals surface area contributed by atoms with Crippen LogP contribution in [0.1, 0.15) is 29.2 Å². The summed E-state index contributed by atoms with van der Waals surface area (Å²) in [4.78, 5) is 12.2. The maximum Gasteiger partial charge on any atom is 0.319 e. The predicted molar refractivity (Wildman–Crippen MR) is 98.9 cm³/mol. The molecule has 2 rings (SSSR count). The molecular weight excluding hydrogens is 300 g/mol. The normalized spacial score (nSPS) is 11.7. The summed E-state index contributed by atoms with van der Waals surface area (Å²) in [5, 5.41) is 5.81. The van der Waals surface area contributed by atoms with Gasteiger partial charge in [0.1, 0.15) is 12.4 Å². The first-order valence-electron chi connectivity index (χ1n) is 8.20. The van der Waals surface area contributed by atoms with Crippen molar-refractivity contribution in [1.82, 2.24) is 5.32 Å². The van der Waals surface area contributed by atoms with Crippen molar-refractivity contribution in [3.05, 3.63) is 58.7 Å². The molecule has 24 heavy (non-hydrogen) atoms. The average Bonchev–Trinajstić information content (AvgIpc) is 2.50. The van der Waals surface area contributed by atoms with Crippen LogP contribution in [0, 0.1) is 27.7 Å². The van der Waals surface area contributed by atoms with E-state index in [1.54, 1.807) is 0 Å². The summed E-state index contributed by atoms with van der Waals surface area (Å²) in [5.74, 6) is 0.890. The third kappa shape index (κ3) is 4.75. The van der Waals surface area contributed by atoms with E-state index < -0.39 is 0 Å². The molecular formula is C20H26N2O2. The van der Waals surface area contributed by atoms with E-state index in [1.807, 2.05) is 71.0 Å². The summed E-state index contributed by atoms with van der Waals surface area (Å²) in [6.07, 6.45) is 0. The number of nitrogens with one attached hydrogen (secondary N) is 2. The number of anilines is 1. The second kappa shape index (κ2) is 7.86. The lowest BCUT2D eigenvalue weighted by atomic mass is 10.1. The molecule has 0 saturated heterocycles. The highest BCUT2D eigenvalue weighted by Crippen LogP contribution is 2.22. The van der Waals surface area contributed by atoms with E-state index in [0.29, 0.717) is 6.61 Å². The molecule has 2 aromatic rings. The number of benzene rings is 2. The van der Waals surface area contributed by atoms with E-state index in [-0.39, 0.29) is 12.1 Å². The van der Waals surface area contributed by atoms with Crippen molar-refractivity contribution >= 4 is 11.7 Å². The molecule has 1 unspecified atom stereocenters. The van der Waals surface area contributed by atoms with Crippen molar-refractivity contribution in [2.45, 2.75) is 40.7 Å². The van der Waals surface area contributed by atoms with Crippen LogP contribution in [0.15, 0.2) is 36.4 Å². The molecule has 4 heteroatoms. The summed E-state index contributed by atoms with van der Waals surface area (Å²) < 4.78 is 5.88. The van der Waals surface area contributed by atoms with Gasteiger partial charge >= 0.3 is 6.03 Å². The van der Waals surface area contributed by atoms with Crippen molar-refractivity contribution in [2.75, 3.05) is 11.9 Å². The second-order valence-electron chi connectivity index (χ2n) is 6.35. The van der Waals surface area contributed by atoms with E-state index in [4.69, 9.17) is 4.74 Å². The Labute approximate surface area is 144 Å². The lowest BCUT2D eigenvalue weighted by Gasteiger charge is -2.18. The Hall–Kier alpha value is -2.49. The van der Waals surface area contributed by atoms with Crippen molar-refractivity contribution in [3.63, 3.8) is 0 Å². The zero-order valence-corrected chi connectivity index (χ0v) is 15.1. The van der Waals surface area contributed by atoms with Gasteiger partial charge in [0.15, 0.2) is 0 Å². The first-order chi connectivity index (χ1) is 11.4. The molecule has 2 amide bonds. The van der Waals surface area contributed by atoms with Crippen LogP contribution in [0.25, 0.3) is 0 Å². The highest BCUT2D eigenvalue weighted by Gasteiger charge is 2.11. The molecule has 0 aliphatic heterocycles. The van der Waals surface area contributed by atoms with Gasteiger partial charge in [0, 0.05) is 5.69 Å². The molecule has 0 aromatic heterocycles. The van der Waals surface area contributed by atoms with Gasteiger partial charge in [-0.25, -0.2) is 4.79 Å². The van der Waals surface area contributed by atoms with E-state index >= 15 is 0 Å². The Morgan fingerprint density at radius 3 is 2.38 bits per heavy atom. The standard InChI is InChI=1S/C20H26N2O2/c1-13-9-10-14(2)18(11-13)22-20(23)21-17(5)12-24-19-15(3)7-6-8-16(19)4/h6-11,17H,12H2,1-5H3,(H2,21,22,23). The molecule has 4 nitrogen and oxygen atoms in total. The number of para-hydroxylation sites is 1. The predicted octanol–water partition coefficient (Wildman–Crippen LogP) is 4.51. The first-order valence-corrected chi connectivity index (χ1v) is 8.20. The topological polar surface area (TPSA) is 50.4 Å². The smallest absolute Gasteiger partial charge is 0.319 e. The Bertz CT molecular complexity index is 705. The molecule has 128 valence electrons. The minimum absolute atomic E-state index is 0.103. The van der Waals surface area contributed by atoms with Crippen LogP contribution < -0.4 is 15.4 Å². The number of rotatable bonds is 5. The Morgan fingerprint density at radius 1 is 1.04 bits per heavy atom. The molecule has 0 aliphatic carbocycles. The number of hydrogen-bond donors (Lipinski definition) is 2. The van der Waals surface area contributed by atoms with Crippen molar-refractivity contribution in [1.29, 1.82) is 0 Å². The Balaban J connectivity index is 1.89. The number of carbonyl (C=O) groups excluding carboxylic acids is 1. The highest BCUT2D eigenvalue weighted by atomic mass is 16.5. The van der Waals surface area contributed by atoms with Crippen molar-refractivity contribution in [3.8, 4) is 5.75 Å². The van der Waals surface area contributed by atoms with Crippen molar-refractivity contribution < 1.29 is 9.53 Å². The number of ether oxygens (including phenoxy) is 1. The van der Waals surface area contributed by atoms with Gasteiger partial charge < -0.3 is 15.4 Å². The fourth-order valence-electron chi connectivity index (χ4n) is 2.53. The van der Waals surface area contributed by atoms with Gasteiger partial charge in [-0.2, -0.15) is 0 Å². The molecule has 2 N–H and O–H groups in total. The van der Waals surface area contributed by atoms with E-state index in [0.717, 1.165) is 33.7 Å². The number of aryl methyl sites for hydroxylation is 4. The molecule has 0 spiro atoms.